The van der Waals surface area contributed by atoms with Gasteiger partial charge in [0.1, 0.15) is 12.4 Å². The van der Waals surface area contributed by atoms with E-state index in [9.17, 15) is 9.59 Å². The first-order valence-electron chi connectivity index (χ1n) is 12.6. The Bertz CT molecular complexity index is 1250. The molecule has 0 aliphatic carbocycles. The highest BCUT2D eigenvalue weighted by molar-refractivity contribution is 5.89. The third kappa shape index (κ3) is 6.37. The quantitative estimate of drug-likeness (QED) is 0.351. The second kappa shape index (κ2) is 11.7. The van der Waals surface area contributed by atoms with E-state index in [-0.39, 0.29) is 24.3 Å². The van der Waals surface area contributed by atoms with Gasteiger partial charge in [0, 0.05) is 6.54 Å². The minimum absolute atomic E-state index is 0.0178. The van der Waals surface area contributed by atoms with E-state index in [1.165, 1.54) is 12.7 Å². The molecule has 3 aromatic carbocycles. The third-order valence-electron chi connectivity index (χ3n) is 7.02. The molecule has 1 saturated heterocycles. The van der Waals surface area contributed by atoms with Crippen molar-refractivity contribution in [2.45, 2.75) is 38.6 Å². The van der Waals surface area contributed by atoms with Gasteiger partial charge in [0.05, 0.1) is 36.6 Å². The van der Waals surface area contributed by atoms with Crippen LogP contribution >= 0.6 is 0 Å². The van der Waals surface area contributed by atoms with Crippen molar-refractivity contribution in [3.63, 3.8) is 0 Å². The molecule has 1 aliphatic heterocycles. The van der Waals surface area contributed by atoms with E-state index < -0.39 is 5.41 Å². The molecule has 6 heteroatoms. The molecular formula is C31H32N2O4. The van der Waals surface area contributed by atoms with Crippen LogP contribution in [0.5, 0.6) is 5.75 Å². The number of hydrogen-bond acceptors (Lipinski definition) is 5. The number of aryl methyl sites for hydroxylation is 1. The number of nitriles is 1. The lowest BCUT2D eigenvalue weighted by Gasteiger charge is -2.25. The van der Waals surface area contributed by atoms with Crippen LogP contribution in [-0.2, 0) is 20.7 Å². The molecule has 4 rings (SSSR count). The maximum atomic E-state index is 13.4. The van der Waals surface area contributed by atoms with Crippen molar-refractivity contribution in [1.29, 1.82) is 5.26 Å². The van der Waals surface area contributed by atoms with Gasteiger partial charge in [-0.2, -0.15) is 5.26 Å². The summed E-state index contributed by atoms with van der Waals surface area (Å²) in [6.07, 6.45) is 2.31. The highest BCUT2D eigenvalue weighted by atomic mass is 16.5. The smallest absolute Gasteiger partial charge is 0.306 e. The summed E-state index contributed by atoms with van der Waals surface area (Å²) in [5.41, 5.74) is 3.12. The van der Waals surface area contributed by atoms with Gasteiger partial charge in [-0.3, -0.25) is 9.59 Å². The van der Waals surface area contributed by atoms with Gasteiger partial charge >= 0.3 is 5.97 Å². The average Bonchev–Trinajstić information content (AvgIpc) is 3.17. The number of likely N-dealkylation sites (tertiary alicyclic amines) is 1. The second-order valence-electron chi connectivity index (χ2n) is 9.78. The van der Waals surface area contributed by atoms with E-state index in [1.54, 1.807) is 12.1 Å². The monoisotopic (exact) mass is 496 g/mol. The number of rotatable bonds is 10. The fourth-order valence-corrected chi connectivity index (χ4v) is 4.97. The largest absolute Gasteiger partial charge is 0.491 e. The summed E-state index contributed by atoms with van der Waals surface area (Å²) in [6.45, 7) is 2.81. The molecule has 190 valence electrons. The zero-order valence-electron chi connectivity index (χ0n) is 21.4. The van der Waals surface area contributed by atoms with Crippen molar-refractivity contribution in [3.8, 4) is 22.9 Å². The number of nitrogens with zero attached hydrogens (tertiary/aromatic N) is 2. The van der Waals surface area contributed by atoms with Gasteiger partial charge < -0.3 is 14.4 Å². The van der Waals surface area contributed by atoms with Gasteiger partial charge in [-0.05, 0) is 60.2 Å². The molecule has 0 radical (unpaired) electrons. The van der Waals surface area contributed by atoms with E-state index in [4.69, 9.17) is 14.7 Å². The molecule has 1 aliphatic rings. The zero-order valence-corrected chi connectivity index (χ0v) is 21.4. The van der Waals surface area contributed by atoms with Crippen LogP contribution in [0.15, 0.2) is 78.9 Å². The van der Waals surface area contributed by atoms with Crippen molar-refractivity contribution in [3.05, 3.63) is 90.0 Å². The third-order valence-corrected chi connectivity index (χ3v) is 7.02. The number of esters is 1. The van der Waals surface area contributed by atoms with Crippen molar-refractivity contribution in [2.24, 2.45) is 5.41 Å². The molecule has 1 fully saturated rings. The van der Waals surface area contributed by atoms with Crippen molar-refractivity contribution in [1.82, 2.24) is 4.90 Å². The molecule has 0 N–H and O–H groups in total. The molecule has 6 nitrogen and oxygen atoms in total. The lowest BCUT2D eigenvalue weighted by molar-refractivity contribution is -0.148. The zero-order chi connectivity index (χ0) is 26.3. The Balaban J connectivity index is 1.42. The fraction of sp³-hybridized carbons (Fsp3) is 0.323. The summed E-state index contributed by atoms with van der Waals surface area (Å²) >= 11 is 0. The topological polar surface area (TPSA) is 79.6 Å². The first-order valence-corrected chi connectivity index (χ1v) is 12.6. The molecule has 0 spiro atoms. The Hall–Kier alpha value is -4.11. The number of carbonyl (C=O) groups is 2. The number of benzene rings is 3. The van der Waals surface area contributed by atoms with Crippen LogP contribution in [0.4, 0.5) is 0 Å². The average molecular weight is 497 g/mol. The van der Waals surface area contributed by atoms with Crippen molar-refractivity contribution >= 4 is 11.9 Å². The Morgan fingerprint density at radius 2 is 1.68 bits per heavy atom. The molecule has 0 bridgehead atoms. The maximum Gasteiger partial charge on any atom is 0.306 e. The minimum Gasteiger partial charge on any atom is -0.491 e. The number of amides is 1. The van der Waals surface area contributed by atoms with Gasteiger partial charge in [0.2, 0.25) is 5.91 Å². The summed E-state index contributed by atoms with van der Waals surface area (Å²) in [4.78, 5) is 27.4. The van der Waals surface area contributed by atoms with Crippen LogP contribution in [0.1, 0.15) is 37.3 Å². The normalized spacial score (nSPS) is 18.9. The lowest BCUT2D eigenvalue weighted by Crippen LogP contribution is -2.39. The number of methoxy groups -OCH3 is 1. The van der Waals surface area contributed by atoms with Crippen LogP contribution < -0.4 is 4.74 Å². The van der Waals surface area contributed by atoms with E-state index in [2.05, 4.69) is 18.2 Å². The first-order chi connectivity index (χ1) is 17.9. The predicted molar refractivity (Wildman–Crippen MR) is 142 cm³/mol. The predicted octanol–water partition coefficient (Wildman–Crippen LogP) is 5.41. The van der Waals surface area contributed by atoms with Gasteiger partial charge in [-0.1, -0.05) is 61.5 Å². The number of ether oxygens (including phenoxy) is 2. The van der Waals surface area contributed by atoms with E-state index in [1.807, 2.05) is 66.4 Å². The SMILES string of the molecule is COC(=O)C[C@]1(C)C[C@@H](COc2ccc(-c3ccc(C#N)cc3)cc2)N(CCCc2ccccc2)C1=O. The number of carbonyl (C=O) groups excluding carboxylic acids is 2. The Morgan fingerprint density at radius 3 is 2.30 bits per heavy atom. The standard InChI is InChI=1S/C31H32N2O4/c1-31(20-29(34)36-2)19-27(33(30(31)35)18-6-9-23-7-4-3-5-8-23)22-37-28-16-14-26(15-17-28)25-12-10-24(21-32)11-13-25/h3-5,7-8,10-17,27H,6,9,18-20,22H2,1-2H3/t27-,31-/m0/s1. The van der Waals surface area contributed by atoms with E-state index in [0.29, 0.717) is 25.1 Å². The van der Waals surface area contributed by atoms with Gasteiger partial charge in [-0.15, -0.1) is 0 Å². The molecule has 3 aromatic rings. The molecule has 2 atom stereocenters. The van der Waals surface area contributed by atoms with Crippen LogP contribution in [0.3, 0.4) is 0 Å². The van der Waals surface area contributed by atoms with Crippen LogP contribution in [0, 0.1) is 16.7 Å². The van der Waals surface area contributed by atoms with Crippen LogP contribution in [0.2, 0.25) is 0 Å². The molecule has 0 aromatic heterocycles. The summed E-state index contributed by atoms with van der Waals surface area (Å²) < 4.78 is 11.0. The summed E-state index contributed by atoms with van der Waals surface area (Å²) in [6, 6.07) is 27.5. The van der Waals surface area contributed by atoms with E-state index >= 15 is 0 Å². The van der Waals surface area contributed by atoms with E-state index in [0.717, 1.165) is 29.7 Å². The van der Waals surface area contributed by atoms with Gasteiger partial charge in [0.15, 0.2) is 0 Å². The Morgan fingerprint density at radius 1 is 1.03 bits per heavy atom. The highest BCUT2D eigenvalue weighted by Crippen LogP contribution is 2.39. The summed E-state index contributed by atoms with van der Waals surface area (Å²) in [7, 11) is 1.35. The first kappa shape index (κ1) is 26.0. The van der Waals surface area contributed by atoms with Gasteiger partial charge in [0.25, 0.3) is 0 Å². The lowest BCUT2D eigenvalue weighted by atomic mass is 9.84. The molecule has 1 heterocycles. The molecule has 0 saturated carbocycles. The summed E-state index contributed by atoms with van der Waals surface area (Å²) in [5.74, 6) is 0.325. The maximum absolute atomic E-state index is 13.4. The molecular weight excluding hydrogens is 464 g/mol. The molecule has 1 amide bonds. The highest BCUT2D eigenvalue weighted by Gasteiger charge is 2.49. The minimum atomic E-state index is -0.798. The summed E-state index contributed by atoms with van der Waals surface area (Å²) in [5, 5.41) is 8.99. The van der Waals surface area contributed by atoms with Crippen LogP contribution in [0.25, 0.3) is 11.1 Å². The second-order valence-corrected chi connectivity index (χ2v) is 9.78. The van der Waals surface area contributed by atoms with Gasteiger partial charge in [-0.25, -0.2) is 0 Å². The Labute approximate surface area is 218 Å². The fourth-order valence-electron chi connectivity index (χ4n) is 4.97. The van der Waals surface area contributed by atoms with Crippen molar-refractivity contribution in [2.75, 3.05) is 20.3 Å². The van der Waals surface area contributed by atoms with Crippen molar-refractivity contribution < 1.29 is 19.1 Å². The van der Waals surface area contributed by atoms with Crippen LogP contribution in [-0.4, -0.2) is 43.1 Å². The molecule has 37 heavy (non-hydrogen) atoms. The number of hydrogen-bond donors (Lipinski definition) is 0. The Kier molecular flexibility index (Phi) is 8.25. The molecule has 0 unspecified atom stereocenters.